The number of para-hydroxylation sites is 1. The van der Waals surface area contributed by atoms with Crippen molar-refractivity contribution in [2.45, 2.75) is 33.1 Å². The molecule has 1 aromatic carbocycles. The number of hydrogen-bond acceptors (Lipinski definition) is 4. The fourth-order valence-electron chi connectivity index (χ4n) is 3.04. The Bertz CT molecular complexity index is 491. The average Bonchev–Trinajstić information content (AvgIpc) is 2.62. The van der Waals surface area contributed by atoms with Gasteiger partial charge in [-0.15, -0.1) is 0 Å². The van der Waals surface area contributed by atoms with Gasteiger partial charge >= 0.3 is 0 Å². The molecule has 1 fully saturated rings. The molecule has 0 saturated carbocycles. The molecule has 0 spiro atoms. The number of carbonyl (C=O) groups excluding carboxylic acids is 1. The second kappa shape index (κ2) is 10.3. The molecule has 0 atom stereocenters. The lowest BCUT2D eigenvalue weighted by atomic mass is 10.0. The van der Waals surface area contributed by atoms with E-state index in [2.05, 4.69) is 47.6 Å². The summed E-state index contributed by atoms with van der Waals surface area (Å²) in [6.45, 7) is 10.1. The topological polar surface area (TPSA) is 53.6 Å². The summed E-state index contributed by atoms with van der Waals surface area (Å²) in [7, 11) is 0. The first-order valence-electron chi connectivity index (χ1n) is 9.16. The number of nitrogens with zero attached hydrogens (tertiary/aromatic N) is 1. The van der Waals surface area contributed by atoms with Crippen LogP contribution in [0.25, 0.3) is 0 Å². The van der Waals surface area contributed by atoms with Crippen molar-refractivity contribution in [1.82, 2.24) is 10.2 Å². The van der Waals surface area contributed by atoms with Crippen LogP contribution < -0.4 is 10.6 Å². The zero-order chi connectivity index (χ0) is 17.2. The Morgan fingerprint density at radius 1 is 1.12 bits per heavy atom. The number of morpholine rings is 1. The Hall–Kier alpha value is -1.59. The van der Waals surface area contributed by atoms with Gasteiger partial charge in [0.2, 0.25) is 5.91 Å². The van der Waals surface area contributed by atoms with E-state index in [0.717, 1.165) is 45.7 Å². The molecule has 2 rings (SSSR count). The quantitative estimate of drug-likeness (QED) is 0.726. The van der Waals surface area contributed by atoms with Crippen LogP contribution in [0.1, 0.15) is 31.4 Å². The Labute approximate surface area is 145 Å². The first-order chi connectivity index (χ1) is 11.7. The van der Waals surface area contributed by atoms with Gasteiger partial charge < -0.3 is 15.4 Å². The minimum atomic E-state index is 0.114. The molecule has 1 aromatic rings. The van der Waals surface area contributed by atoms with Gasteiger partial charge in [-0.3, -0.25) is 9.69 Å². The summed E-state index contributed by atoms with van der Waals surface area (Å²) in [4.78, 5) is 14.3. The Kier molecular flexibility index (Phi) is 8.05. The van der Waals surface area contributed by atoms with Crippen LogP contribution in [0.4, 0.5) is 5.69 Å². The van der Waals surface area contributed by atoms with Gasteiger partial charge in [-0.1, -0.05) is 32.0 Å². The van der Waals surface area contributed by atoms with Crippen molar-refractivity contribution < 1.29 is 9.53 Å². The molecule has 134 valence electrons. The number of ether oxygens (including phenoxy) is 1. The molecule has 0 unspecified atom stereocenters. The summed E-state index contributed by atoms with van der Waals surface area (Å²) in [5.74, 6) is 0.114. The summed E-state index contributed by atoms with van der Waals surface area (Å²) in [5.41, 5.74) is 3.85. The van der Waals surface area contributed by atoms with Crippen LogP contribution in [0.15, 0.2) is 18.2 Å². The molecule has 2 N–H and O–H groups in total. The largest absolute Gasteiger partial charge is 0.384 e. The molecule has 1 amide bonds. The summed E-state index contributed by atoms with van der Waals surface area (Å²) in [5, 5.41) is 6.48. The van der Waals surface area contributed by atoms with Crippen molar-refractivity contribution in [3.05, 3.63) is 29.3 Å². The molecular weight excluding hydrogens is 302 g/mol. The van der Waals surface area contributed by atoms with Gasteiger partial charge in [0.1, 0.15) is 0 Å². The van der Waals surface area contributed by atoms with E-state index in [0.29, 0.717) is 19.5 Å². The Morgan fingerprint density at radius 3 is 2.42 bits per heavy atom. The zero-order valence-electron chi connectivity index (χ0n) is 15.1. The molecule has 1 saturated heterocycles. The number of carbonyl (C=O) groups is 1. The Morgan fingerprint density at radius 2 is 1.79 bits per heavy atom. The first kappa shape index (κ1) is 18.7. The van der Waals surface area contributed by atoms with Crippen LogP contribution in [0.3, 0.4) is 0 Å². The number of anilines is 1. The van der Waals surface area contributed by atoms with Crippen LogP contribution in [-0.4, -0.2) is 56.7 Å². The van der Waals surface area contributed by atoms with E-state index >= 15 is 0 Å². The van der Waals surface area contributed by atoms with Crippen LogP contribution in [0.5, 0.6) is 0 Å². The van der Waals surface area contributed by atoms with E-state index in [-0.39, 0.29) is 5.91 Å². The highest BCUT2D eigenvalue weighted by molar-refractivity contribution is 5.76. The number of aryl methyl sites for hydroxylation is 2. The number of nitrogens with one attached hydrogen (secondary N) is 2. The molecule has 0 aliphatic carbocycles. The monoisotopic (exact) mass is 333 g/mol. The van der Waals surface area contributed by atoms with Crippen LogP contribution in [0.2, 0.25) is 0 Å². The predicted molar refractivity (Wildman–Crippen MR) is 98.6 cm³/mol. The maximum atomic E-state index is 12.0. The summed E-state index contributed by atoms with van der Waals surface area (Å²) in [6, 6.07) is 6.43. The Balaban J connectivity index is 1.69. The van der Waals surface area contributed by atoms with E-state index in [9.17, 15) is 4.79 Å². The van der Waals surface area contributed by atoms with E-state index in [1.165, 1.54) is 16.8 Å². The van der Waals surface area contributed by atoms with Crippen LogP contribution >= 0.6 is 0 Å². The van der Waals surface area contributed by atoms with Crippen LogP contribution in [0, 0.1) is 0 Å². The number of hydrogen-bond donors (Lipinski definition) is 2. The highest BCUT2D eigenvalue weighted by atomic mass is 16.5. The molecule has 0 bridgehead atoms. The maximum absolute atomic E-state index is 12.0. The molecule has 5 heteroatoms. The van der Waals surface area contributed by atoms with Gasteiger partial charge in [0, 0.05) is 44.8 Å². The molecular formula is C19H31N3O2. The second-order valence-corrected chi connectivity index (χ2v) is 6.14. The van der Waals surface area contributed by atoms with Crippen molar-refractivity contribution in [3.63, 3.8) is 0 Å². The normalized spacial score (nSPS) is 15.2. The number of rotatable bonds is 9. The lowest BCUT2D eigenvalue weighted by molar-refractivity contribution is -0.120. The number of amides is 1. The zero-order valence-corrected chi connectivity index (χ0v) is 15.1. The molecule has 0 aromatic heterocycles. The van der Waals surface area contributed by atoms with Gasteiger partial charge in [0.15, 0.2) is 0 Å². The van der Waals surface area contributed by atoms with Gasteiger partial charge in [-0.05, 0) is 24.0 Å². The maximum Gasteiger partial charge on any atom is 0.221 e. The highest BCUT2D eigenvalue weighted by Gasteiger charge is 2.10. The van der Waals surface area contributed by atoms with E-state index < -0.39 is 0 Å². The molecule has 1 aliphatic rings. The van der Waals surface area contributed by atoms with E-state index in [1.807, 2.05) is 0 Å². The molecule has 5 nitrogen and oxygen atoms in total. The smallest absolute Gasteiger partial charge is 0.221 e. The third-order valence-electron chi connectivity index (χ3n) is 4.51. The lowest BCUT2D eigenvalue weighted by Crippen LogP contribution is -2.41. The SMILES string of the molecule is CCc1cccc(CC)c1NCCC(=O)NCCN1CCOCC1. The molecule has 0 radical (unpaired) electrons. The van der Waals surface area contributed by atoms with Gasteiger partial charge in [-0.2, -0.15) is 0 Å². The van der Waals surface area contributed by atoms with E-state index in [4.69, 9.17) is 4.74 Å². The van der Waals surface area contributed by atoms with E-state index in [1.54, 1.807) is 0 Å². The van der Waals surface area contributed by atoms with Crippen molar-refractivity contribution in [2.24, 2.45) is 0 Å². The fourth-order valence-corrected chi connectivity index (χ4v) is 3.04. The van der Waals surface area contributed by atoms with Gasteiger partial charge in [0.25, 0.3) is 0 Å². The van der Waals surface area contributed by atoms with Gasteiger partial charge in [-0.25, -0.2) is 0 Å². The minimum Gasteiger partial charge on any atom is -0.384 e. The summed E-state index contributed by atoms with van der Waals surface area (Å²) < 4.78 is 5.32. The molecule has 24 heavy (non-hydrogen) atoms. The van der Waals surface area contributed by atoms with Crippen molar-refractivity contribution >= 4 is 11.6 Å². The highest BCUT2D eigenvalue weighted by Crippen LogP contribution is 2.22. The standard InChI is InChI=1S/C19H31N3O2/c1-3-16-6-5-7-17(4-2)19(16)21-9-8-18(23)20-10-11-22-12-14-24-15-13-22/h5-7,21H,3-4,8-15H2,1-2H3,(H,20,23). The second-order valence-electron chi connectivity index (χ2n) is 6.14. The van der Waals surface area contributed by atoms with Gasteiger partial charge in [0.05, 0.1) is 13.2 Å². The first-order valence-corrected chi connectivity index (χ1v) is 9.16. The molecule has 1 aliphatic heterocycles. The molecule has 1 heterocycles. The third kappa shape index (κ3) is 5.80. The minimum absolute atomic E-state index is 0.114. The van der Waals surface area contributed by atoms with Crippen LogP contribution in [-0.2, 0) is 22.4 Å². The van der Waals surface area contributed by atoms with Crippen molar-refractivity contribution in [1.29, 1.82) is 0 Å². The predicted octanol–water partition coefficient (Wildman–Crippen LogP) is 2.06. The third-order valence-corrected chi connectivity index (χ3v) is 4.51. The summed E-state index contributed by atoms with van der Waals surface area (Å²) in [6.07, 6.45) is 2.51. The number of benzene rings is 1. The average molecular weight is 333 g/mol. The fraction of sp³-hybridized carbons (Fsp3) is 0.632. The summed E-state index contributed by atoms with van der Waals surface area (Å²) >= 11 is 0. The van der Waals surface area contributed by atoms with Crippen molar-refractivity contribution in [2.75, 3.05) is 51.3 Å². The lowest BCUT2D eigenvalue weighted by Gasteiger charge is -2.26. The van der Waals surface area contributed by atoms with Crippen molar-refractivity contribution in [3.8, 4) is 0 Å².